The van der Waals surface area contributed by atoms with E-state index in [1.165, 1.54) is 0 Å². The van der Waals surface area contributed by atoms with Gasteiger partial charge >= 0.3 is 0 Å². The number of aromatic nitrogens is 3. The maximum absolute atomic E-state index is 6.13. The fraction of sp³-hybridized carbons (Fsp3) is 0.188. The second kappa shape index (κ2) is 5.85. The Morgan fingerprint density at radius 2 is 1.86 bits per heavy atom. The average Bonchev–Trinajstić information content (AvgIpc) is 2.98. The van der Waals surface area contributed by atoms with Crippen LogP contribution in [0.2, 0.25) is 0 Å². The standard InChI is InChI=1S/C16H16N4O/c1-11-6-5-9-14(18-11)15-19-16(21-20-15)13(17)10-12-7-3-2-4-8-12/h2-9,13H,10,17H2,1H3. The lowest BCUT2D eigenvalue weighted by Gasteiger charge is -2.05. The number of hydrogen-bond donors (Lipinski definition) is 1. The molecule has 3 aromatic rings. The molecule has 0 aliphatic heterocycles. The summed E-state index contributed by atoms with van der Waals surface area (Å²) in [6, 6.07) is 15.4. The minimum Gasteiger partial charge on any atom is -0.337 e. The van der Waals surface area contributed by atoms with Crippen molar-refractivity contribution in [3.63, 3.8) is 0 Å². The van der Waals surface area contributed by atoms with E-state index in [1.807, 2.05) is 55.5 Å². The number of benzene rings is 1. The summed E-state index contributed by atoms with van der Waals surface area (Å²) in [7, 11) is 0. The molecule has 2 aromatic heterocycles. The predicted molar refractivity (Wildman–Crippen MR) is 79.3 cm³/mol. The smallest absolute Gasteiger partial charge is 0.244 e. The third-order valence-corrected chi connectivity index (χ3v) is 3.17. The summed E-state index contributed by atoms with van der Waals surface area (Å²) < 4.78 is 5.27. The summed E-state index contributed by atoms with van der Waals surface area (Å²) in [5.74, 6) is 0.898. The normalized spacial score (nSPS) is 12.3. The molecule has 1 unspecified atom stereocenters. The average molecular weight is 280 g/mol. The Bertz CT molecular complexity index is 724. The molecule has 0 fully saturated rings. The Kier molecular flexibility index (Phi) is 3.75. The summed E-state index contributed by atoms with van der Waals surface area (Å²) >= 11 is 0. The van der Waals surface area contributed by atoms with Gasteiger partial charge in [0, 0.05) is 5.69 Å². The van der Waals surface area contributed by atoms with E-state index in [2.05, 4.69) is 15.1 Å². The van der Waals surface area contributed by atoms with Crippen molar-refractivity contribution in [2.45, 2.75) is 19.4 Å². The molecule has 5 heteroatoms. The molecule has 106 valence electrons. The summed E-state index contributed by atoms with van der Waals surface area (Å²) in [5.41, 5.74) is 8.87. The van der Waals surface area contributed by atoms with E-state index >= 15 is 0 Å². The number of nitrogens with two attached hydrogens (primary N) is 1. The van der Waals surface area contributed by atoms with E-state index in [9.17, 15) is 0 Å². The highest BCUT2D eigenvalue weighted by molar-refractivity contribution is 5.48. The van der Waals surface area contributed by atoms with Crippen molar-refractivity contribution >= 4 is 0 Å². The highest BCUT2D eigenvalue weighted by Crippen LogP contribution is 2.18. The van der Waals surface area contributed by atoms with E-state index in [1.54, 1.807) is 0 Å². The van der Waals surface area contributed by atoms with Crippen LogP contribution in [-0.4, -0.2) is 15.1 Å². The fourth-order valence-corrected chi connectivity index (χ4v) is 2.11. The fourth-order valence-electron chi connectivity index (χ4n) is 2.11. The van der Waals surface area contributed by atoms with Crippen LogP contribution in [-0.2, 0) is 6.42 Å². The maximum Gasteiger partial charge on any atom is 0.244 e. The first kappa shape index (κ1) is 13.5. The Morgan fingerprint density at radius 3 is 2.62 bits per heavy atom. The van der Waals surface area contributed by atoms with Crippen molar-refractivity contribution in [1.29, 1.82) is 0 Å². The van der Waals surface area contributed by atoms with Crippen molar-refractivity contribution < 1.29 is 4.52 Å². The summed E-state index contributed by atoms with van der Waals surface area (Å²) in [6.07, 6.45) is 0.656. The summed E-state index contributed by atoms with van der Waals surface area (Å²) in [6.45, 7) is 1.92. The van der Waals surface area contributed by atoms with Gasteiger partial charge in [-0.25, -0.2) is 4.98 Å². The molecule has 5 nitrogen and oxygen atoms in total. The first-order valence-corrected chi connectivity index (χ1v) is 6.79. The van der Waals surface area contributed by atoms with Gasteiger partial charge in [-0.05, 0) is 31.0 Å². The highest BCUT2D eigenvalue weighted by atomic mass is 16.5. The second-order valence-corrected chi connectivity index (χ2v) is 4.92. The minimum absolute atomic E-state index is 0.321. The minimum atomic E-state index is -0.321. The van der Waals surface area contributed by atoms with Gasteiger partial charge in [0.15, 0.2) is 0 Å². The Morgan fingerprint density at radius 1 is 1.05 bits per heavy atom. The van der Waals surface area contributed by atoms with E-state index in [-0.39, 0.29) is 6.04 Å². The number of pyridine rings is 1. The van der Waals surface area contributed by atoms with Crippen LogP contribution < -0.4 is 5.73 Å². The van der Waals surface area contributed by atoms with Gasteiger partial charge in [0.2, 0.25) is 11.7 Å². The van der Waals surface area contributed by atoms with Gasteiger partial charge in [0.25, 0.3) is 0 Å². The molecule has 0 aliphatic rings. The quantitative estimate of drug-likeness (QED) is 0.795. The zero-order valence-corrected chi connectivity index (χ0v) is 11.7. The van der Waals surface area contributed by atoms with Crippen molar-refractivity contribution in [3.05, 3.63) is 65.7 Å². The van der Waals surface area contributed by atoms with E-state index in [0.29, 0.717) is 23.8 Å². The van der Waals surface area contributed by atoms with Crippen LogP contribution in [0, 0.1) is 6.92 Å². The lowest BCUT2D eigenvalue weighted by atomic mass is 10.1. The molecule has 0 radical (unpaired) electrons. The molecule has 2 heterocycles. The summed E-state index contributed by atoms with van der Waals surface area (Å²) in [4.78, 5) is 8.73. The first-order valence-electron chi connectivity index (χ1n) is 6.79. The summed E-state index contributed by atoms with van der Waals surface area (Å²) in [5, 5.41) is 3.96. The van der Waals surface area contributed by atoms with Crippen LogP contribution in [0.4, 0.5) is 0 Å². The van der Waals surface area contributed by atoms with Gasteiger partial charge in [-0.2, -0.15) is 4.98 Å². The van der Waals surface area contributed by atoms with Crippen molar-refractivity contribution in [1.82, 2.24) is 15.1 Å². The molecule has 0 amide bonds. The molecule has 1 aromatic carbocycles. The van der Waals surface area contributed by atoms with E-state index in [4.69, 9.17) is 10.3 Å². The lowest BCUT2D eigenvalue weighted by Crippen LogP contribution is -2.13. The SMILES string of the molecule is Cc1cccc(-c2noc(C(N)Cc3ccccc3)n2)n1. The Hall–Kier alpha value is -2.53. The molecule has 0 aliphatic carbocycles. The molecule has 21 heavy (non-hydrogen) atoms. The van der Waals surface area contributed by atoms with Crippen LogP contribution in [0.15, 0.2) is 53.1 Å². The first-order chi connectivity index (χ1) is 10.2. The van der Waals surface area contributed by atoms with Gasteiger partial charge in [-0.1, -0.05) is 41.6 Å². The van der Waals surface area contributed by atoms with E-state index in [0.717, 1.165) is 11.3 Å². The van der Waals surface area contributed by atoms with Crippen LogP contribution in [0.1, 0.15) is 23.2 Å². The molecule has 0 spiro atoms. The molecular weight excluding hydrogens is 264 g/mol. The lowest BCUT2D eigenvalue weighted by molar-refractivity contribution is 0.354. The third kappa shape index (κ3) is 3.14. The monoisotopic (exact) mass is 280 g/mol. The molecule has 0 bridgehead atoms. The molecule has 0 saturated carbocycles. The van der Waals surface area contributed by atoms with Gasteiger partial charge in [0.1, 0.15) is 5.69 Å². The second-order valence-electron chi connectivity index (χ2n) is 4.92. The maximum atomic E-state index is 6.13. The molecule has 0 saturated heterocycles. The predicted octanol–water partition coefficient (Wildman–Crippen LogP) is 2.68. The molecule has 3 rings (SSSR count). The molecule has 1 atom stereocenters. The molecular formula is C16H16N4O. The number of hydrogen-bond acceptors (Lipinski definition) is 5. The number of nitrogens with zero attached hydrogens (tertiary/aromatic N) is 3. The van der Waals surface area contributed by atoms with Crippen LogP contribution in [0.5, 0.6) is 0 Å². The van der Waals surface area contributed by atoms with E-state index < -0.39 is 0 Å². The van der Waals surface area contributed by atoms with Crippen LogP contribution in [0.25, 0.3) is 11.5 Å². The third-order valence-electron chi connectivity index (χ3n) is 3.17. The Labute approximate surface area is 122 Å². The van der Waals surface area contributed by atoms with Crippen molar-refractivity contribution in [2.24, 2.45) is 5.73 Å². The van der Waals surface area contributed by atoms with Crippen LogP contribution in [0.3, 0.4) is 0 Å². The van der Waals surface area contributed by atoms with Gasteiger partial charge in [0.05, 0.1) is 6.04 Å². The number of aryl methyl sites for hydroxylation is 1. The zero-order chi connectivity index (χ0) is 14.7. The van der Waals surface area contributed by atoms with Gasteiger partial charge in [-0.3, -0.25) is 0 Å². The van der Waals surface area contributed by atoms with Crippen LogP contribution >= 0.6 is 0 Å². The largest absolute Gasteiger partial charge is 0.337 e. The van der Waals surface area contributed by atoms with Gasteiger partial charge < -0.3 is 10.3 Å². The number of rotatable bonds is 4. The topological polar surface area (TPSA) is 77.8 Å². The van der Waals surface area contributed by atoms with Crippen molar-refractivity contribution in [3.8, 4) is 11.5 Å². The van der Waals surface area contributed by atoms with Gasteiger partial charge in [-0.15, -0.1) is 0 Å². The molecule has 2 N–H and O–H groups in total. The zero-order valence-electron chi connectivity index (χ0n) is 11.7. The highest BCUT2D eigenvalue weighted by Gasteiger charge is 2.16. The van der Waals surface area contributed by atoms with Crippen molar-refractivity contribution in [2.75, 3.05) is 0 Å². The Balaban J connectivity index is 1.78.